The zero-order chi connectivity index (χ0) is 21.5. The molecule has 1 heterocycles. The van der Waals surface area contributed by atoms with Crippen molar-refractivity contribution in [3.05, 3.63) is 132 Å². The van der Waals surface area contributed by atoms with Gasteiger partial charge in [0.25, 0.3) is 0 Å². The Morgan fingerprint density at radius 1 is 0.742 bits per heavy atom. The Kier molecular flexibility index (Phi) is 6.85. The van der Waals surface area contributed by atoms with E-state index < -0.39 is 5.38 Å². The second kappa shape index (κ2) is 10.1. The molecule has 31 heavy (non-hydrogen) atoms. The molecule has 0 N–H and O–H groups in total. The van der Waals surface area contributed by atoms with Crippen LogP contribution < -0.4 is 0 Å². The molecule has 4 aromatic rings. The normalized spacial score (nSPS) is 11.8. The van der Waals surface area contributed by atoms with E-state index in [1.54, 1.807) is 0 Å². The fourth-order valence-corrected chi connectivity index (χ4v) is 3.95. The van der Waals surface area contributed by atoms with Gasteiger partial charge in [-0.25, -0.2) is 0 Å². The molecule has 4 rings (SSSR count). The summed E-state index contributed by atoms with van der Waals surface area (Å²) >= 11 is 6.63. The molecule has 1 atom stereocenters. The lowest BCUT2D eigenvalue weighted by Gasteiger charge is -2.26. The fourth-order valence-electron chi connectivity index (χ4n) is 3.66. The molecule has 1 amide bonds. The maximum atomic E-state index is 13.4. The molecule has 1 aromatic heterocycles. The van der Waals surface area contributed by atoms with Gasteiger partial charge in [0.1, 0.15) is 5.38 Å². The molecule has 0 saturated heterocycles. The van der Waals surface area contributed by atoms with E-state index in [-0.39, 0.29) is 5.91 Å². The Morgan fingerprint density at radius 2 is 1.32 bits per heavy atom. The van der Waals surface area contributed by atoms with Crippen molar-refractivity contribution >= 4 is 17.5 Å². The zero-order valence-corrected chi connectivity index (χ0v) is 18.0. The van der Waals surface area contributed by atoms with Crippen LogP contribution in [0.25, 0.3) is 0 Å². The zero-order valence-electron chi connectivity index (χ0n) is 17.3. The molecular weight excluding hydrogens is 404 g/mol. The number of nitrogens with zero attached hydrogens (tertiary/aromatic N) is 2. The molecule has 4 heteroatoms. The summed E-state index contributed by atoms with van der Waals surface area (Å²) in [6, 6.07) is 34.0. The summed E-state index contributed by atoms with van der Waals surface area (Å²) in [6.07, 6.45) is 2.06. The van der Waals surface area contributed by atoms with Crippen LogP contribution in [0, 0.1) is 0 Å². The monoisotopic (exact) mass is 428 g/mol. The fraction of sp³-hybridized carbons (Fsp3) is 0.148. The Morgan fingerprint density at radius 3 is 1.97 bits per heavy atom. The van der Waals surface area contributed by atoms with Crippen molar-refractivity contribution in [2.75, 3.05) is 0 Å². The highest BCUT2D eigenvalue weighted by Crippen LogP contribution is 2.25. The average Bonchev–Trinajstić information content (AvgIpc) is 3.26. The number of aromatic nitrogens is 1. The predicted molar refractivity (Wildman–Crippen MR) is 126 cm³/mol. The van der Waals surface area contributed by atoms with Crippen LogP contribution in [0.3, 0.4) is 0 Å². The first-order valence-electron chi connectivity index (χ1n) is 10.4. The maximum Gasteiger partial charge on any atom is 0.245 e. The van der Waals surface area contributed by atoms with Gasteiger partial charge in [-0.1, -0.05) is 91.0 Å². The number of hydrogen-bond donors (Lipinski definition) is 0. The molecule has 3 nitrogen and oxygen atoms in total. The second-order valence-electron chi connectivity index (χ2n) is 7.57. The molecule has 0 radical (unpaired) electrons. The third-order valence-electron chi connectivity index (χ3n) is 5.31. The first-order chi connectivity index (χ1) is 15.2. The predicted octanol–water partition coefficient (Wildman–Crippen LogP) is 6.05. The second-order valence-corrected chi connectivity index (χ2v) is 8.00. The van der Waals surface area contributed by atoms with Gasteiger partial charge < -0.3 is 9.47 Å². The Bertz CT molecular complexity index is 1090. The summed E-state index contributed by atoms with van der Waals surface area (Å²) in [5.74, 6) is -0.0934. The van der Waals surface area contributed by atoms with Crippen molar-refractivity contribution in [1.29, 1.82) is 0 Å². The van der Waals surface area contributed by atoms with Crippen molar-refractivity contribution in [2.45, 2.75) is 25.0 Å². The highest BCUT2D eigenvalue weighted by atomic mass is 35.5. The van der Waals surface area contributed by atoms with E-state index in [4.69, 9.17) is 11.6 Å². The SMILES string of the molecule is O=C(C(Cl)c1ccccc1)N(Cc1ccccc1)Cc1cccn1Cc1ccccc1. The van der Waals surface area contributed by atoms with Crippen LogP contribution in [-0.2, 0) is 24.4 Å². The van der Waals surface area contributed by atoms with Gasteiger partial charge in [0.15, 0.2) is 0 Å². The summed E-state index contributed by atoms with van der Waals surface area (Å²) in [7, 11) is 0. The quantitative estimate of drug-likeness (QED) is 0.314. The first kappa shape index (κ1) is 21.0. The van der Waals surface area contributed by atoms with E-state index in [0.717, 1.165) is 23.4 Å². The van der Waals surface area contributed by atoms with Gasteiger partial charge >= 0.3 is 0 Å². The lowest BCUT2D eigenvalue weighted by molar-refractivity contribution is -0.132. The van der Waals surface area contributed by atoms with Gasteiger partial charge in [0.05, 0.1) is 6.54 Å². The van der Waals surface area contributed by atoms with Crippen molar-refractivity contribution < 1.29 is 4.79 Å². The number of hydrogen-bond acceptors (Lipinski definition) is 1. The average molecular weight is 429 g/mol. The van der Waals surface area contributed by atoms with E-state index in [2.05, 4.69) is 29.0 Å². The Hall–Kier alpha value is -3.30. The third-order valence-corrected chi connectivity index (χ3v) is 5.75. The minimum absolute atomic E-state index is 0.0934. The standard InChI is InChI=1S/C27H25ClN2O/c28-26(24-15-8-3-9-16-24)27(31)30(20-23-13-6-2-7-14-23)21-25-17-10-18-29(25)19-22-11-4-1-5-12-22/h1-18,26H,19-21H2. The van der Waals surface area contributed by atoms with Crippen molar-refractivity contribution in [3.63, 3.8) is 0 Å². The topological polar surface area (TPSA) is 25.2 Å². The highest BCUT2D eigenvalue weighted by Gasteiger charge is 2.25. The maximum absolute atomic E-state index is 13.4. The molecule has 0 aliphatic carbocycles. The molecule has 0 aliphatic rings. The number of benzene rings is 3. The molecule has 156 valence electrons. The van der Waals surface area contributed by atoms with Crippen LogP contribution in [0.1, 0.15) is 27.8 Å². The van der Waals surface area contributed by atoms with E-state index >= 15 is 0 Å². The summed E-state index contributed by atoms with van der Waals surface area (Å²) in [6.45, 7) is 1.76. The van der Waals surface area contributed by atoms with Crippen LogP contribution in [-0.4, -0.2) is 15.4 Å². The van der Waals surface area contributed by atoms with Gasteiger partial charge in [0, 0.05) is 25.0 Å². The number of carbonyl (C=O) groups excluding carboxylic acids is 1. The van der Waals surface area contributed by atoms with Crippen LogP contribution in [0.5, 0.6) is 0 Å². The van der Waals surface area contributed by atoms with Gasteiger partial charge in [-0.2, -0.15) is 0 Å². The minimum Gasteiger partial charge on any atom is -0.345 e. The summed E-state index contributed by atoms with van der Waals surface area (Å²) in [5, 5.41) is -0.720. The lowest BCUT2D eigenvalue weighted by atomic mass is 10.1. The summed E-state index contributed by atoms with van der Waals surface area (Å²) < 4.78 is 2.19. The molecule has 3 aromatic carbocycles. The molecule has 0 bridgehead atoms. The van der Waals surface area contributed by atoms with Gasteiger partial charge in [-0.05, 0) is 28.8 Å². The number of amides is 1. The number of rotatable bonds is 8. The molecular formula is C27H25ClN2O. The largest absolute Gasteiger partial charge is 0.345 e. The van der Waals surface area contributed by atoms with Crippen LogP contribution in [0.15, 0.2) is 109 Å². The van der Waals surface area contributed by atoms with Crippen LogP contribution in [0.4, 0.5) is 0 Å². The molecule has 0 saturated carbocycles. The molecule has 1 unspecified atom stereocenters. The van der Waals surface area contributed by atoms with Gasteiger partial charge in [-0.3, -0.25) is 4.79 Å². The van der Waals surface area contributed by atoms with Crippen molar-refractivity contribution in [3.8, 4) is 0 Å². The van der Waals surface area contributed by atoms with Gasteiger partial charge in [0.2, 0.25) is 5.91 Å². The number of alkyl halides is 1. The lowest BCUT2D eigenvalue weighted by Crippen LogP contribution is -2.33. The van der Waals surface area contributed by atoms with Crippen molar-refractivity contribution in [2.24, 2.45) is 0 Å². The number of halogens is 1. The van der Waals surface area contributed by atoms with Gasteiger partial charge in [-0.15, -0.1) is 11.6 Å². The third kappa shape index (κ3) is 5.44. The summed E-state index contributed by atoms with van der Waals surface area (Å²) in [4.78, 5) is 15.3. The van der Waals surface area contributed by atoms with E-state index in [1.807, 2.05) is 89.8 Å². The molecule has 0 spiro atoms. The minimum atomic E-state index is -0.720. The smallest absolute Gasteiger partial charge is 0.245 e. The molecule has 0 fully saturated rings. The Labute approximate surface area is 188 Å². The first-order valence-corrected chi connectivity index (χ1v) is 10.8. The van der Waals surface area contributed by atoms with E-state index in [9.17, 15) is 4.79 Å². The highest BCUT2D eigenvalue weighted by molar-refractivity contribution is 6.30. The van der Waals surface area contributed by atoms with Crippen LogP contribution in [0.2, 0.25) is 0 Å². The summed E-state index contributed by atoms with van der Waals surface area (Å²) in [5.41, 5.74) is 4.19. The van der Waals surface area contributed by atoms with Crippen molar-refractivity contribution in [1.82, 2.24) is 9.47 Å². The van der Waals surface area contributed by atoms with E-state index in [0.29, 0.717) is 13.1 Å². The van der Waals surface area contributed by atoms with Crippen LogP contribution >= 0.6 is 11.6 Å². The molecule has 0 aliphatic heterocycles. The Balaban J connectivity index is 1.58. The number of carbonyl (C=O) groups is 1. The van der Waals surface area contributed by atoms with E-state index in [1.165, 1.54) is 5.56 Å².